The minimum atomic E-state index is -4.29. The van der Waals surface area contributed by atoms with Crippen LogP contribution in [0, 0.1) is 0 Å². The van der Waals surface area contributed by atoms with Gasteiger partial charge < -0.3 is 19.9 Å². The highest BCUT2D eigenvalue weighted by Gasteiger charge is 2.42. The zero-order chi connectivity index (χ0) is 17.8. The molecule has 0 aliphatic rings. The molecule has 4 radical (unpaired) electrons. The van der Waals surface area contributed by atoms with E-state index in [2.05, 4.69) is 0 Å². The molecule has 23 heavy (non-hydrogen) atoms. The number of hydrogen-bond donors (Lipinski definition) is 1. The first-order valence-corrected chi connectivity index (χ1v) is 6.40. The molecular formula is C13H15B2F4NO3. The zero-order valence-corrected chi connectivity index (χ0v) is 12.6. The fourth-order valence-corrected chi connectivity index (χ4v) is 1.75. The Labute approximate surface area is 134 Å². The first-order chi connectivity index (χ1) is 10.5. The SMILES string of the molecule is [B]C([B])(N)Cc1cc(OC)c(OCC(F)(F)C(F)F)cc1OC. The summed E-state index contributed by atoms with van der Waals surface area (Å²) in [7, 11) is 13.6. The third-order valence-electron chi connectivity index (χ3n) is 2.80. The van der Waals surface area contributed by atoms with E-state index in [4.69, 9.17) is 35.6 Å². The van der Waals surface area contributed by atoms with Crippen LogP contribution >= 0.6 is 0 Å². The van der Waals surface area contributed by atoms with Gasteiger partial charge in [-0.25, -0.2) is 8.78 Å². The Bertz CT molecular complexity index is 539. The molecule has 1 aromatic rings. The summed E-state index contributed by atoms with van der Waals surface area (Å²) >= 11 is 0. The number of nitrogens with two attached hydrogens (primary N) is 1. The van der Waals surface area contributed by atoms with Gasteiger partial charge in [0.1, 0.15) is 5.75 Å². The molecule has 4 nitrogen and oxygen atoms in total. The summed E-state index contributed by atoms with van der Waals surface area (Å²) in [6.07, 6.45) is -3.86. The molecule has 0 spiro atoms. The minimum Gasteiger partial charge on any atom is -0.496 e. The van der Waals surface area contributed by atoms with Gasteiger partial charge in [-0.15, -0.1) is 0 Å². The van der Waals surface area contributed by atoms with Crippen LogP contribution in [0.3, 0.4) is 0 Å². The number of benzene rings is 1. The fourth-order valence-electron chi connectivity index (χ4n) is 1.75. The predicted octanol–water partition coefficient (Wildman–Crippen LogP) is 1.47. The van der Waals surface area contributed by atoms with Crippen molar-refractivity contribution < 1.29 is 31.8 Å². The van der Waals surface area contributed by atoms with Crippen molar-refractivity contribution in [1.29, 1.82) is 0 Å². The van der Waals surface area contributed by atoms with Gasteiger partial charge in [0.05, 0.1) is 29.9 Å². The van der Waals surface area contributed by atoms with Gasteiger partial charge in [0, 0.05) is 6.07 Å². The predicted molar refractivity (Wildman–Crippen MR) is 78.1 cm³/mol. The number of alkyl halides is 4. The molecule has 0 aliphatic heterocycles. The largest absolute Gasteiger partial charge is 0.496 e. The first-order valence-electron chi connectivity index (χ1n) is 6.40. The van der Waals surface area contributed by atoms with Crippen molar-refractivity contribution in [3.05, 3.63) is 17.7 Å². The molecule has 0 atom stereocenters. The lowest BCUT2D eigenvalue weighted by atomic mass is 9.60. The summed E-state index contributed by atoms with van der Waals surface area (Å²) in [5.74, 6) is -4.27. The van der Waals surface area contributed by atoms with Gasteiger partial charge in [0.2, 0.25) is 0 Å². The van der Waals surface area contributed by atoms with Gasteiger partial charge in [-0.2, -0.15) is 8.78 Å². The lowest BCUT2D eigenvalue weighted by Gasteiger charge is -2.23. The molecule has 10 heteroatoms. The van der Waals surface area contributed by atoms with Crippen molar-refractivity contribution >= 4 is 15.7 Å². The third kappa shape index (κ3) is 5.53. The standard InChI is InChI=1S/C13H15B2F4NO3/c1-21-8-4-10(23-6-12(18,19)11(16)17)9(22-2)3-7(8)5-13(14,15)20/h3-4,11H,5-6,20H2,1-2H3. The molecule has 124 valence electrons. The van der Waals surface area contributed by atoms with Gasteiger partial charge in [-0.1, -0.05) is 5.34 Å². The van der Waals surface area contributed by atoms with Gasteiger partial charge in [-0.05, 0) is 18.1 Å². The smallest absolute Gasteiger partial charge is 0.340 e. The second-order valence-electron chi connectivity index (χ2n) is 4.95. The lowest BCUT2D eigenvalue weighted by molar-refractivity contribution is -0.148. The summed E-state index contributed by atoms with van der Waals surface area (Å²) in [6, 6.07) is 2.58. The quantitative estimate of drug-likeness (QED) is 0.579. The molecule has 0 unspecified atom stereocenters. The van der Waals surface area contributed by atoms with Crippen LogP contribution in [-0.2, 0) is 6.42 Å². The van der Waals surface area contributed by atoms with Crippen LogP contribution in [0.25, 0.3) is 0 Å². The molecule has 1 rings (SSSR count). The minimum absolute atomic E-state index is 0.0139. The van der Waals surface area contributed by atoms with Gasteiger partial charge in [-0.3, -0.25) is 0 Å². The average molecular weight is 331 g/mol. The topological polar surface area (TPSA) is 53.7 Å². The maximum atomic E-state index is 13.0. The van der Waals surface area contributed by atoms with Crippen molar-refractivity contribution in [3.8, 4) is 17.2 Å². The normalized spacial score (nSPS) is 12.3. The molecule has 0 fully saturated rings. The van der Waals surface area contributed by atoms with E-state index in [1.165, 1.54) is 26.4 Å². The summed E-state index contributed by atoms with van der Waals surface area (Å²) in [5.41, 5.74) is 5.95. The summed E-state index contributed by atoms with van der Waals surface area (Å²) < 4.78 is 65.1. The molecule has 0 bridgehead atoms. The van der Waals surface area contributed by atoms with E-state index >= 15 is 0 Å². The van der Waals surface area contributed by atoms with E-state index in [0.29, 0.717) is 5.56 Å². The number of hydrogen-bond acceptors (Lipinski definition) is 4. The Balaban J connectivity index is 3.09. The van der Waals surface area contributed by atoms with Crippen molar-refractivity contribution in [1.82, 2.24) is 0 Å². The Kier molecular flexibility index (Phi) is 6.21. The van der Waals surface area contributed by atoms with Crippen molar-refractivity contribution in [2.45, 2.75) is 24.1 Å². The van der Waals surface area contributed by atoms with Crippen LogP contribution in [0.5, 0.6) is 17.2 Å². The van der Waals surface area contributed by atoms with Crippen LogP contribution in [-0.4, -0.2) is 54.2 Å². The van der Waals surface area contributed by atoms with Crippen molar-refractivity contribution in [2.75, 3.05) is 20.8 Å². The number of ether oxygens (including phenoxy) is 3. The van der Waals surface area contributed by atoms with Crippen molar-refractivity contribution in [3.63, 3.8) is 0 Å². The maximum absolute atomic E-state index is 13.0. The van der Waals surface area contributed by atoms with E-state index in [9.17, 15) is 17.6 Å². The Hall–Kier alpha value is -1.57. The maximum Gasteiger partial charge on any atom is 0.340 e. The second-order valence-corrected chi connectivity index (χ2v) is 4.95. The molecular weight excluding hydrogens is 316 g/mol. The van der Waals surface area contributed by atoms with Gasteiger partial charge in [0.15, 0.2) is 18.1 Å². The highest BCUT2D eigenvalue weighted by molar-refractivity contribution is 6.39. The van der Waals surface area contributed by atoms with Gasteiger partial charge >= 0.3 is 12.3 Å². The summed E-state index contributed by atoms with van der Waals surface area (Å²) in [5, 5.41) is -1.54. The molecule has 0 saturated heterocycles. The van der Waals surface area contributed by atoms with E-state index in [0.717, 1.165) is 0 Å². The molecule has 0 heterocycles. The van der Waals surface area contributed by atoms with Crippen LogP contribution in [0.1, 0.15) is 5.56 Å². The molecule has 1 aromatic carbocycles. The third-order valence-corrected chi connectivity index (χ3v) is 2.80. The van der Waals surface area contributed by atoms with E-state index < -0.39 is 24.3 Å². The zero-order valence-electron chi connectivity index (χ0n) is 12.6. The highest BCUT2D eigenvalue weighted by atomic mass is 19.3. The van der Waals surface area contributed by atoms with Crippen LogP contribution in [0.2, 0.25) is 0 Å². The number of halogens is 4. The van der Waals surface area contributed by atoms with Crippen LogP contribution < -0.4 is 19.9 Å². The second kappa shape index (κ2) is 7.33. The molecule has 0 saturated carbocycles. The van der Waals surface area contributed by atoms with Crippen LogP contribution in [0.15, 0.2) is 12.1 Å². The Morgan fingerprint density at radius 1 is 1.09 bits per heavy atom. The molecule has 2 N–H and O–H groups in total. The van der Waals surface area contributed by atoms with Crippen LogP contribution in [0.4, 0.5) is 17.6 Å². The summed E-state index contributed by atoms with van der Waals surface area (Å²) in [4.78, 5) is 0. The Morgan fingerprint density at radius 2 is 1.65 bits per heavy atom. The van der Waals surface area contributed by atoms with Crippen molar-refractivity contribution in [2.24, 2.45) is 5.73 Å². The average Bonchev–Trinajstić information content (AvgIpc) is 2.43. The Morgan fingerprint density at radius 3 is 2.09 bits per heavy atom. The van der Waals surface area contributed by atoms with E-state index in [1.807, 2.05) is 0 Å². The first kappa shape index (κ1) is 19.5. The molecule has 0 aliphatic carbocycles. The molecule has 0 amide bonds. The van der Waals surface area contributed by atoms with E-state index in [1.54, 1.807) is 0 Å². The highest BCUT2D eigenvalue weighted by Crippen LogP contribution is 2.37. The number of methoxy groups -OCH3 is 2. The lowest BCUT2D eigenvalue weighted by Crippen LogP contribution is -2.43. The van der Waals surface area contributed by atoms with E-state index in [-0.39, 0.29) is 23.7 Å². The van der Waals surface area contributed by atoms with Gasteiger partial charge in [0.25, 0.3) is 0 Å². The molecule has 0 aromatic heterocycles. The summed E-state index contributed by atoms with van der Waals surface area (Å²) in [6.45, 7) is -1.52. The fraction of sp³-hybridized carbons (Fsp3) is 0.538. The number of rotatable bonds is 8. The monoisotopic (exact) mass is 331 g/mol.